The van der Waals surface area contributed by atoms with E-state index in [1.807, 2.05) is 24.2 Å². The largest absolute Gasteiger partial charge is 0.353 e. The van der Waals surface area contributed by atoms with Gasteiger partial charge in [-0.2, -0.15) is 4.31 Å². The zero-order valence-corrected chi connectivity index (χ0v) is 17.8. The first kappa shape index (κ1) is 19.7. The molecule has 2 saturated heterocycles. The zero-order chi connectivity index (χ0) is 19.7. The van der Waals surface area contributed by atoms with Gasteiger partial charge < -0.3 is 9.47 Å². The first-order valence-corrected chi connectivity index (χ1v) is 12.2. The van der Waals surface area contributed by atoms with Gasteiger partial charge in [0.25, 0.3) is 10.0 Å². The van der Waals surface area contributed by atoms with Crippen LogP contribution in [0.4, 0.5) is 0 Å². The van der Waals surface area contributed by atoms with E-state index in [-0.39, 0.29) is 18.4 Å². The lowest BCUT2D eigenvalue weighted by Gasteiger charge is -2.25. The lowest BCUT2D eigenvalue weighted by atomic mass is 10.1. The number of piperidine rings is 1. The van der Waals surface area contributed by atoms with E-state index in [2.05, 4.69) is 10.6 Å². The molecule has 2 aromatic rings. The Balaban J connectivity index is 1.46. The van der Waals surface area contributed by atoms with E-state index in [4.69, 9.17) is 0 Å². The quantitative estimate of drug-likeness (QED) is 0.745. The van der Waals surface area contributed by atoms with Crippen LogP contribution in [0.25, 0.3) is 0 Å². The Kier molecular flexibility index (Phi) is 5.62. The molecule has 2 aliphatic heterocycles. The van der Waals surface area contributed by atoms with Gasteiger partial charge >= 0.3 is 0 Å². The van der Waals surface area contributed by atoms with Crippen molar-refractivity contribution in [2.75, 3.05) is 19.6 Å². The van der Waals surface area contributed by atoms with Gasteiger partial charge in [-0.1, -0.05) is 6.42 Å². The highest BCUT2D eigenvalue weighted by molar-refractivity contribution is 7.91. The molecule has 1 unspecified atom stereocenters. The molecule has 6 nitrogen and oxygen atoms in total. The molecule has 2 fully saturated rings. The minimum Gasteiger partial charge on any atom is -0.353 e. The topological polar surface area (TPSA) is 62.6 Å². The standard InChI is InChI=1S/C20H27N3O3S2/c1-21-11-5-7-17(21)18-8-6-14-23(18)19(24)15-16-9-10-20(27-16)28(25,26)22-12-3-2-4-13-22/h5,7,9-11,18H,2-4,6,8,12-15H2,1H3. The van der Waals surface area contributed by atoms with E-state index in [0.29, 0.717) is 17.3 Å². The molecule has 28 heavy (non-hydrogen) atoms. The monoisotopic (exact) mass is 421 g/mol. The van der Waals surface area contributed by atoms with Crippen LogP contribution in [-0.4, -0.2) is 47.7 Å². The Morgan fingerprint density at radius 3 is 2.61 bits per heavy atom. The van der Waals surface area contributed by atoms with Gasteiger partial charge in [0.1, 0.15) is 4.21 Å². The van der Waals surface area contributed by atoms with Crippen molar-refractivity contribution in [3.05, 3.63) is 41.0 Å². The molecule has 0 aromatic carbocycles. The smallest absolute Gasteiger partial charge is 0.252 e. The number of hydrogen-bond donors (Lipinski definition) is 0. The second kappa shape index (κ2) is 8.00. The highest BCUT2D eigenvalue weighted by Crippen LogP contribution is 2.33. The van der Waals surface area contributed by atoms with Gasteiger partial charge in [-0.05, 0) is 49.9 Å². The summed E-state index contributed by atoms with van der Waals surface area (Å²) in [6.45, 7) is 1.96. The summed E-state index contributed by atoms with van der Waals surface area (Å²) >= 11 is 1.24. The highest BCUT2D eigenvalue weighted by Gasteiger charge is 2.32. The Labute approximate surface area is 170 Å². The molecule has 0 aliphatic carbocycles. The van der Waals surface area contributed by atoms with Gasteiger partial charge in [-0.3, -0.25) is 4.79 Å². The van der Waals surface area contributed by atoms with Gasteiger partial charge in [0.15, 0.2) is 0 Å². The maximum atomic E-state index is 13.0. The van der Waals surface area contributed by atoms with E-state index >= 15 is 0 Å². The fourth-order valence-corrected chi connectivity index (χ4v) is 7.29. The number of carbonyl (C=O) groups is 1. The number of carbonyl (C=O) groups excluding carboxylic acids is 1. The van der Waals surface area contributed by atoms with Crippen molar-refractivity contribution in [1.82, 2.24) is 13.8 Å². The van der Waals surface area contributed by atoms with Crippen molar-refractivity contribution in [2.24, 2.45) is 7.05 Å². The third-order valence-electron chi connectivity index (χ3n) is 5.77. The van der Waals surface area contributed by atoms with Crippen molar-refractivity contribution in [3.63, 3.8) is 0 Å². The molecule has 2 aromatic heterocycles. The zero-order valence-electron chi connectivity index (χ0n) is 16.2. The minimum atomic E-state index is -3.42. The molecule has 0 saturated carbocycles. The van der Waals surface area contributed by atoms with Crippen LogP contribution in [0.1, 0.15) is 48.7 Å². The predicted molar refractivity (Wildman–Crippen MR) is 110 cm³/mol. The molecule has 0 bridgehead atoms. The first-order chi connectivity index (χ1) is 13.5. The maximum absolute atomic E-state index is 13.0. The number of likely N-dealkylation sites (tertiary alicyclic amines) is 1. The van der Waals surface area contributed by atoms with Gasteiger partial charge in [0.05, 0.1) is 12.5 Å². The van der Waals surface area contributed by atoms with Crippen LogP contribution in [0.5, 0.6) is 0 Å². The summed E-state index contributed by atoms with van der Waals surface area (Å²) in [5.41, 5.74) is 1.16. The second-order valence-electron chi connectivity index (χ2n) is 7.65. The highest BCUT2D eigenvalue weighted by atomic mass is 32.2. The Hall–Kier alpha value is -1.64. The number of amides is 1. The normalized spacial score (nSPS) is 21.3. The fraction of sp³-hybridized carbons (Fsp3) is 0.550. The summed E-state index contributed by atoms with van der Waals surface area (Å²) in [5, 5.41) is 0. The second-order valence-corrected chi connectivity index (χ2v) is 11.0. The molecule has 1 atom stereocenters. The number of rotatable bonds is 5. The lowest BCUT2D eigenvalue weighted by Crippen LogP contribution is -2.35. The van der Waals surface area contributed by atoms with E-state index in [1.54, 1.807) is 16.4 Å². The van der Waals surface area contributed by atoms with Crippen molar-refractivity contribution < 1.29 is 13.2 Å². The SMILES string of the molecule is Cn1cccc1C1CCCN1C(=O)Cc1ccc(S(=O)(=O)N2CCCCC2)s1. The van der Waals surface area contributed by atoms with E-state index < -0.39 is 10.0 Å². The first-order valence-electron chi connectivity index (χ1n) is 9.96. The van der Waals surface area contributed by atoms with Crippen molar-refractivity contribution >= 4 is 27.3 Å². The van der Waals surface area contributed by atoms with Crippen molar-refractivity contribution in [3.8, 4) is 0 Å². The summed E-state index contributed by atoms with van der Waals surface area (Å²) < 4.78 is 29.7. The number of nitrogens with zero attached hydrogens (tertiary/aromatic N) is 3. The average molecular weight is 422 g/mol. The summed E-state index contributed by atoms with van der Waals surface area (Å²) in [4.78, 5) is 15.7. The fourth-order valence-electron chi connectivity index (χ4n) is 4.27. The summed E-state index contributed by atoms with van der Waals surface area (Å²) in [6, 6.07) is 7.66. The molecule has 0 N–H and O–H groups in total. The Morgan fingerprint density at radius 2 is 1.89 bits per heavy atom. The molecule has 4 heterocycles. The van der Waals surface area contributed by atoms with E-state index in [0.717, 1.165) is 49.2 Å². The summed E-state index contributed by atoms with van der Waals surface area (Å²) in [6.07, 6.45) is 7.18. The van der Waals surface area contributed by atoms with Crippen LogP contribution in [0.3, 0.4) is 0 Å². The third kappa shape index (κ3) is 3.77. The van der Waals surface area contributed by atoms with Crippen LogP contribution in [0.2, 0.25) is 0 Å². The van der Waals surface area contributed by atoms with Crippen molar-refractivity contribution in [2.45, 2.75) is 48.8 Å². The summed E-state index contributed by atoms with van der Waals surface area (Å²) in [7, 11) is -1.42. The average Bonchev–Trinajstić information content (AvgIpc) is 3.42. The van der Waals surface area contributed by atoms with Crippen LogP contribution in [0, 0.1) is 0 Å². The van der Waals surface area contributed by atoms with E-state index in [9.17, 15) is 13.2 Å². The molecule has 4 rings (SSSR count). The van der Waals surface area contributed by atoms with Gasteiger partial charge in [0, 0.05) is 43.4 Å². The van der Waals surface area contributed by atoms with Crippen molar-refractivity contribution in [1.29, 1.82) is 0 Å². The molecule has 0 radical (unpaired) electrons. The maximum Gasteiger partial charge on any atom is 0.252 e. The van der Waals surface area contributed by atoms with Crippen LogP contribution in [0.15, 0.2) is 34.7 Å². The van der Waals surface area contributed by atoms with Gasteiger partial charge in [-0.15, -0.1) is 11.3 Å². The van der Waals surface area contributed by atoms with Gasteiger partial charge in [0.2, 0.25) is 5.91 Å². The number of aromatic nitrogens is 1. The predicted octanol–water partition coefficient (Wildman–Crippen LogP) is 3.17. The van der Waals surface area contributed by atoms with E-state index in [1.165, 1.54) is 11.3 Å². The molecule has 2 aliphatic rings. The van der Waals surface area contributed by atoms with Crippen LogP contribution >= 0.6 is 11.3 Å². The van der Waals surface area contributed by atoms with Crippen LogP contribution in [-0.2, 0) is 28.3 Å². The summed E-state index contributed by atoms with van der Waals surface area (Å²) in [5.74, 6) is 0.0764. The molecule has 1 amide bonds. The Morgan fingerprint density at radius 1 is 1.11 bits per heavy atom. The lowest BCUT2D eigenvalue weighted by molar-refractivity contribution is -0.131. The molecular formula is C20H27N3O3S2. The number of hydrogen-bond acceptors (Lipinski definition) is 4. The van der Waals surface area contributed by atoms with Crippen LogP contribution < -0.4 is 0 Å². The minimum absolute atomic E-state index is 0.0764. The molecule has 152 valence electrons. The third-order valence-corrected chi connectivity index (χ3v) is 9.22. The number of sulfonamides is 1. The van der Waals surface area contributed by atoms with Gasteiger partial charge in [-0.25, -0.2) is 8.42 Å². The Bertz CT molecular complexity index is 942. The molecule has 8 heteroatoms. The molecule has 0 spiro atoms. The molecular weight excluding hydrogens is 394 g/mol. The number of aryl methyl sites for hydroxylation is 1. The number of thiophene rings is 1.